The van der Waals surface area contributed by atoms with Crippen molar-refractivity contribution in [2.75, 3.05) is 21.3 Å². The summed E-state index contributed by atoms with van der Waals surface area (Å²) in [4.78, 5) is 12.6. The van der Waals surface area contributed by atoms with Gasteiger partial charge in [0, 0.05) is 30.6 Å². The van der Waals surface area contributed by atoms with Gasteiger partial charge in [0.1, 0.15) is 11.4 Å². The second-order valence-electron chi connectivity index (χ2n) is 6.99. The number of hydrogen-bond acceptors (Lipinski definition) is 5. The zero-order valence-electron chi connectivity index (χ0n) is 16.5. The van der Waals surface area contributed by atoms with Gasteiger partial charge in [-0.05, 0) is 12.1 Å². The summed E-state index contributed by atoms with van der Waals surface area (Å²) in [5.74, 6) is 1.56. The van der Waals surface area contributed by atoms with Crippen molar-refractivity contribution in [1.82, 2.24) is 15.1 Å². The number of ether oxygens (including phenoxy) is 3. The third kappa shape index (κ3) is 4.09. The number of nitrogens with one attached hydrogen (secondary N) is 1. The minimum Gasteiger partial charge on any atom is -0.496 e. The van der Waals surface area contributed by atoms with Crippen molar-refractivity contribution < 1.29 is 19.0 Å². The maximum atomic E-state index is 12.6. The number of aromatic nitrogens is 2. The summed E-state index contributed by atoms with van der Waals surface area (Å²) < 4.78 is 17.6. The Morgan fingerprint density at radius 3 is 2.12 bits per heavy atom. The van der Waals surface area contributed by atoms with E-state index in [1.165, 1.54) is 0 Å². The van der Waals surface area contributed by atoms with Crippen LogP contribution in [0.5, 0.6) is 17.2 Å². The Morgan fingerprint density at radius 2 is 1.62 bits per heavy atom. The van der Waals surface area contributed by atoms with Crippen LogP contribution in [-0.2, 0) is 19.0 Å². The lowest BCUT2D eigenvalue weighted by atomic mass is 9.92. The van der Waals surface area contributed by atoms with Gasteiger partial charge in [-0.1, -0.05) is 20.8 Å². The van der Waals surface area contributed by atoms with Crippen LogP contribution < -0.4 is 19.5 Å². The number of methoxy groups -OCH3 is 3. The second-order valence-corrected chi connectivity index (χ2v) is 6.99. The molecular formula is C19H27N3O4. The van der Waals surface area contributed by atoms with Crippen LogP contribution in [-0.4, -0.2) is 37.0 Å². The quantitative estimate of drug-likeness (QED) is 0.856. The molecule has 1 aromatic heterocycles. The van der Waals surface area contributed by atoms with Gasteiger partial charge >= 0.3 is 0 Å². The minimum atomic E-state index is -0.202. The van der Waals surface area contributed by atoms with Crippen molar-refractivity contribution in [3.8, 4) is 17.2 Å². The molecule has 1 N–H and O–H groups in total. The van der Waals surface area contributed by atoms with E-state index in [1.54, 1.807) is 45.2 Å². The Hall–Kier alpha value is -2.70. The smallest absolute Gasteiger partial charge is 0.269 e. The molecule has 1 amide bonds. The molecule has 0 unspecified atom stereocenters. The molecule has 0 radical (unpaired) electrons. The first-order valence-electron chi connectivity index (χ1n) is 8.32. The molecule has 26 heavy (non-hydrogen) atoms. The summed E-state index contributed by atoms with van der Waals surface area (Å²) in [7, 11) is 6.47. The fraction of sp³-hybridized carbons (Fsp3) is 0.474. The number of carbonyl (C=O) groups excluding carboxylic acids is 1. The molecular weight excluding hydrogens is 334 g/mol. The van der Waals surface area contributed by atoms with Crippen LogP contribution in [0.15, 0.2) is 18.2 Å². The monoisotopic (exact) mass is 361 g/mol. The van der Waals surface area contributed by atoms with Crippen LogP contribution in [0.1, 0.15) is 42.5 Å². The van der Waals surface area contributed by atoms with Gasteiger partial charge in [0.2, 0.25) is 0 Å². The van der Waals surface area contributed by atoms with Crippen molar-refractivity contribution in [1.29, 1.82) is 0 Å². The molecule has 0 saturated heterocycles. The molecule has 2 rings (SSSR count). The van der Waals surface area contributed by atoms with Gasteiger partial charge in [-0.25, -0.2) is 0 Å². The molecule has 0 aliphatic rings. The number of carbonyl (C=O) groups is 1. The lowest BCUT2D eigenvalue weighted by molar-refractivity contribution is 0.0941. The Balaban J connectivity index is 2.21. The largest absolute Gasteiger partial charge is 0.496 e. The third-order valence-electron chi connectivity index (χ3n) is 4.11. The highest BCUT2D eigenvalue weighted by molar-refractivity contribution is 5.92. The number of benzene rings is 1. The van der Waals surface area contributed by atoms with Gasteiger partial charge in [0.15, 0.2) is 11.5 Å². The fourth-order valence-corrected chi connectivity index (χ4v) is 2.54. The number of aryl methyl sites for hydroxylation is 1. The molecule has 0 atom stereocenters. The van der Waals surface area contributed by atoms with Crippen LogP contribution >= 0.6 is 0 Å². The number of rotatable bonds is 6. The fourth-order valence-electron chi connectivity index (χ4n) is 2.54. The zero-order chi connectivity index (χ0) is 19.5. The highest BCUT2D eigenvalue weighted by Gasteiger charge is 2.22. The molecule has 1 aromatic carbocycles. The van der Waals surface area contributed by atoms with E-state index in [4.69, 9.17) is 14.2 Å². The van der Waals surface area contributed by atoms with Crippen LogP contribution in [0, 0.1) is 0 Å². The molecule has 0 fully saturated rings. The topological polar surface area (TPSA) is 74.6 Å². The van der Waals surface area contributed by atoms with Crippen LogP contribution in [0.3, 0.4) is 0 Å². The Bertz CT molecular complexity index is 791. The number of amides is 1. The van der Waals surface area contributed by atoms with Crippen LogP contribution in [0.2, 0.25) is 0 Å². The molecule has 0 bridgehead atoms. The molecule has 0 aliphatic heterocycles. The average Bonchev–Trinajstić information content (AvgIpc) is 3.01. The van der Waals surface area contributed by atoms with E-state index in [9.17, 15) is 4.79 Å². The highest BCUT2D eigenvalue weighted by Crippen LogP contribution is 2.34. The molecule has 1 heterocycles. The first kappa shape index (κ1) is 19.6. The van der Waals surface area contributed by atoms with Crippen molar-refractivity contribution in [3.63, 3.8) is 0 Å². The van der Waals surface area contributed by atoms with E-state index in [0.717, 1.165) is 11.3 Å². The molecule has 0 saturated carbocycles. The summed E-state index contributed by atoms with van der Waals surface area (Å²) >= 11 is 0. The number of nitrogens with zero attached hydrogens (tertiary/aromatic N) is 2. The predicted molar refractivity (Wildman–Crippen MR) is 99.2 cm³/mol. The normalized spacial score (nSPS) is 11.2. The highest BCUT2D eigenvalue weighted by atomic mass is 16.5. The minimum absolute atomic E-state index is 0.122. The Labute approximate surface area is 154 Å². The van der Waals surface area contributed by atoms with E-state index < -0.39 is 0 Å². The van der Waals surface area contributed by atoms with Crippen molar-refractivity contribution in [2.24, 2.45) is 7.05 Å². The van der Waals surface area contributed by atoms with E-state index in [-0.39, 0.29) is 11.3 Å². The molecule has 142 valence electrons. The van der Waals surface area contributed by atoms with E-state index in [2.05, 4.69) is 31.2 Å². The van der Waals surface area contributed by atoms with Gasteiger partial charge in [0.05, 0.1) is 27.0 Å². The first-order valence-corrected chi connectivity index (χ1v) is 8.32. The van der Waals surface area contributed by atoms with Gasteiger partial charge in [-0.15, -0.1) is 0 Å². The zero-order valence-corrected chi connectivity index (χ0v) is 16.5. The Morgan fingerprint density at radius 1 is 1.04 bits per heavy atom. The lowest BCUT2D eigenvalue weighted by Crippen LogP contribution is -2.25. The Kier molecular flexibility index (Phi) is 5.79. The van der Waals surface area contributed by atoms with Gasteiger partial charge in [0.25, 0.3) is 5.91 Å². The third-order valence-corrected chi connectivity index (χ3v) is 4.11. The molecule has 0 aliphatic carbocycles. The van der Waals surface area contributed by atoms with Crippen molar-refractivity contribution >= 4 is 5.91 Å². The SMILES string of the molecule is COc1cc(OC)c(OC)cc1CNC(=O)c1cc(C(C)(C)C)nn1C. The van der Waals surface area contributed by atoms with Gasteiger partial charge < -0.3 is 19.5 Å². The van der Waals surface area contributed by atoms with Crippen molar-refractivity contribution in [2.45, 2.75) is 32.7 Å². The summed E-state index contributed by atoms with van der Waals surface area (Å²) in [6, 6.07) is 5.35. The predicted octanol–water partition coefficient (Wildman–Crippen LogP) is 2.67. The number of hydrogen-bond donors (Lipinski definition) is 1. The average molecular weight is 361 g/mol. The van der Waals surface area contributed by atoms with Crippen LogP contribution in [0.25, 0.3) is 0 Å². The van der Waals surface area contributed by atoms with Crippen LogP contribution in [0.4, 0.5) is 0 Å². The molecule has 0 spiro atoms. The summed E-state index contributed by atoms with van der Waals surface area (Å²) in [6.45, 7) is 6.47. The first-order chi connectivity index (χ1) is 12.2. The molecule has 7 heteroatoms. The maximum absolute atomic E-state index is 12.6. The van der Waals surface area contributed by atoms with Gasteiger partial charge in [-0.2, -0.15) is 5.10 Å². The standard InChI is InChI=1S/C19H27N3O4/c1-19(2,3)17-9-13(22(4)21-17)18(23)20-11-12-8-15(25-6)16(26-7)10-14(12)24-5/h8-10H,11H2,1-7H3,(H,20,23). The summed E-state index contributed by atoms with van der Waals surface area (Å²) in [5, 5.41) is 7.34. The van der Waals surface area contributed by atoms with E-state index >= 15 is 0 Å². The van der Waals surface area contributed by atoms with Gasteiger partial charge in [-0.3, -0.25) is 9.48 Å². The van der Waals surface area contributed by atoms with E-state index in [1.807, 2.05) is 6.07 Å². The molecule has 7 nitrogen and oxygen atoms in total. The van der Waals surface area contributed by atoms with Crippen molar-refractivity contribution in [3.05, 3.63) is 35.2 Å². The summed E-state index contributed by atoms with van der Waals surface area (Å²) in [5.41, 5.74) is 2.04. The lowest BCUT2D eigenvalue weighted by Gasteiger charge is -2.14. The second kappa shape index (κ2) is 7.68. The molecule has 2 aromatic rings. The summed E-state index contributed by atoms with van der Waals surface area (Å²) in [6.07, 6.45) is 0. The van der Waals surface area contributed by atoms with E-state index in [0.29, 0.717) is 29.5 Å². The maximum Gasteiger partial charge on any atom is 0.269 e.